The van der Waals surface area contributed by atoms with Gasteiger partial charge >= 0.3 is 0 Å². The molecule has 0 aromatic heterocycles. The number of rotatable bonds is 6. The van der Waals surface area contributed by atoms with Crippen molar-refractivity contribution in [3.8, 4) is 0 Å². The van der Waals surface area contributed by atoms with Gasteiger partial charge in [-0.15, -0.1) is 0 Å². The maximum absolute atomic E-state index is 13.4. The van der Waals surface area contributed by atoms with E-state index in [0.29, 0.717) is 11.1 Å². The minimum Gasteiger partial charge on any atom is -0.255 e. The first-order valence-corrected chi connectivity index (χ1v) is 15.1. The third kappa shape index (κ3) is 5.73. The summed E-state index contributed by atoms with van der Waals surface area (Å²) in [5.74, 6) is 0. The van der Waals surface area contributed by atoms with Gasteiger partial charge in [-0.2, -0.15) is 16.8 Å². The lowest BCUT2D eigenvalue weighted by molar-refractivity contribution is 0.0615. The minimum atomic E-state index is -4.28. The minimum absolute atomic E-state index is 0.0265. The Hall–Kier alpha value is -3.30. The molecule has 0 unspecified atom stereocenters. The van der Waals surface area contributed by atoms with Crippen LogP contribution < -0.4 is 0 Å². The highest BCUT2D eigenvalue weighted by Crippen LogP contribution is 2.40. The quantitative estimate of drug-likeness (QED) is 0.275. The predicted octanol–water partition coefficient (Wildman–Crippen LogP) is 6.00. The average Bonchev–Trinajstić information content (AvgIpc) is 2.90. The van der Waals surface area contributed by atoms with Crippen molar-refractivity contribution in [3.05, 3.63) is 130 Å². The van der Waals surface area contributed by atoms with E-state index >= 15 is 0 Å². The molecule has 0 heterocycles. The lowest BCUT2D eigenvalue weighted by Crippen LogP contribution is -2.24. The zero-order valence-corrected chi connectivity index (χ0v) is 22.7. The molecule has 4 bridgehead atoms. The van der Waals surface area contributed by atoms with E-state index in [1.54, 1.807) is 48.5 Å². The van der Waals surface area contributed by atoms with Crippen molar-refractivity contribution in [1.29, 1.82) is 0 Å². The monoisotopic (exact) mass is 548 g/mol. The van der Waals surface area contributed by atoms with Crippen LogP contribution in [-0.4, -0.2) is 16.8 Å². The molecule has 38 heavy (non-hydrogen) atoms. The Morgan fingerprint density at radius 3 is 1.13 bits per heavy atom. The van der Waals surface area contributed by atoms with Gasteiger partial charge in [-0.1, -0.05) is 83.9 Å². The molecule has 0 fully saturated rings. The van der Waals surface area contributed by atoms with E-state index in [-0.39, 0.29) is 9.79 Å². The van der Waals surface area contributed by atoms with E-state index in [4.69, 9.17) is 8.37 Å². The maximum Gasteiger partial charge on any atom is 0.297 e. The van der Waals surface area contributed by atoms with Gasteiger partial charge in [-0.25, -0.2) is 0 Å². The van der Waals surface area contributed by atoms with Gasteiger partial charge in [0.05, 0.1) is 9.79 Å². The molecule has 8 heteroatoms. The van der Waals surface area contributed by atoms with Gasteiger partial charge in [0.25, 0.3) is 20.2 Å². The third-order valence-electron chi connectivity index (χ3n) is 6.67. The molecule has 4 aromatic rings. The fourth-order valence-corrected chi connectivity index (χ4v) is 6.52. The number of hydrogen-bond acceptors (Lipinski definition) is 6. The van der Waals surface area contributed by atoms with Gasteiger partial charge in [0, 0.05) is 0 Å². The second kappa shape index (κ2) is 10.5. The Labute approximate surface area is 224 Å². The summed E-state index contributed by atoms with van der Waals surface area (Å²) in [5.41, 5.74) is 4.91. The molecule has 4 aliphatic rings. The van der Waals surface area contributed by atoms with Crippen LogP contribution in [0.3, 0.4) is 0 Å². The summed E-state index contributed by atoms with van der Waals surface area (Å²) < 4.78 is 65.4. The molecule has 0 aliphatic heterocycles. The Morgan fingerprint density at radius 1 is 0.500 bits per heavy atom. The smallest absolute Gasteiger partial charge is 0.255 e. The second-order valence-electron chi connectivity index (χ2n) is 9.55. The molecular formula is C30H28O6S2. The molecular weight excluding hydrogens is 520 g/mol. The van der Waals surface area contributed by atoms with Crippen LogP contribution in [0.1, 0.15) is 45.6 Å². The van der Waals surface area contributed by atoms with Crippen molar-refractivity contribution in [1.82, 2.24) is 0 Å². The lowest BCUT2D eigenvalue weighted by Gasteiger charge is -2.28. The topological polar surface area (TPSA) is 86.7 Å². The normalized spacial score (nSPS) is 17.6. The van der Waals surface area contributed by atoms with Gasteiger partial charge in [0.15, 0.2) is 0 Å². The summed E-state index contributed by atoms with van der Waals surface area (Å²) in [4.78, 5) is -0.0531. The molecule has 0 amide bonds. The average molecular weight is 549 g/mol. The first-order chi connectivity index (χ1) is 18.1. The van der Waals surface area contributed by atoms with Crippen LogP contribution in [0.15, 0.2) is 107 Å². The Kier molecular flexibility index (Phi) is 7.24. The summed E-state index contributed by atoms with van der Waals surface area (Å²) in [5, 5.41) is 0. The Morgan fingerprint density at radius 2 is 0.816 bits per heavy atom. The van der Waals surface area contributed by atoms with Crippen molar-refractivity contribution < 1.29 is 25.2 Å². The van der Waals surface area contributed by atoms with Gasteiger partial charge < -0.3 is 0 Å². The molecule has 8 rings (SSSR count). The predicted molar refractivity (Wildman–Crippen MR) is 145 cm³/mol. The van der Waals surface area contributed by atoms with Crippen LogP contribution in [0.4, 0.5) is 0 Å². The maximum atomic E-state index is 13.4. The molecule has 6 nitrogen and oxygen atoms in total. The standard InChI is InChI=1S/C30H28O6S2/c1-21-3-17-27(18-4-21)37(31,32)35-29-25-13-9-23(10-14-25)7-8-24-11-15-26(16-12-24)30(29)36-38(33,34)28-19-5-22(2)6-20-28/h3-6,9-20,29-30H,7-8H2,1-2H3/t29-,30-/m0/s1. The zero-order chi connectivity index (χ0) is 26.9. The van der Waals surface area contributed by atoms with Crippen LogP contribution in [0, 0.1) is 13.8 Å². The highest BCUT2D eigenvalue weighted by molar-refractivity contribution is 7.87. The summed E-state index contributed by atoms with van der Waals surface area (Å²) in [6.07, 6.45) is -0.926. The Bertz CT molecular complexity index is 1500. The van der Waals surface area contributed by atoms with E-state index in [9.17, 15) is 16.8 Å². The van der Waals surface area contributed by atoms with Gasteiger partial charge in [0.1, 0.15) is 12.2 Å². The fraction of sp³-hybridized carbons (Fsp3) is 0.200. The SMILES string of the molecule is Cc1ccc(S(=O)(=O)O[C@H]2c3ccc(cc3)CCc3ccc(cc3)[C@@H]2OS(=O)(=O)c2ccc(C)cc2)cc1. The molecule has 196 valence electrons. The van der Waals surface area contributed by atoms with Gasteiger partial charge in [0.2, 0.25) is 0 Å². The van der Waals surface area contributed by atoms with Crippen molar-refractivity contribution in [2.24, 2.45) is 0 Å². The van der Waals surface area contributed by atoms with Crippen LogP contribution in [-0.2, 0) is 41.4 Å². The van der Waals surface area contributed by atoms with Crippen molar-refractivity contribution in [2.45, 2.75) is 48.7 Å². The molecule has 0 saturated heterocycles. The molecule has 0 saturated carbocycles. The largest absolute Gasteiger partial charge is 0.297 e. The van der Waals surface area contributed by atoms with Crippen molar-refractivity contribution >= 4 is 20.2 Å². The van der Waals surface area contributed by atoms with Crippen molar-refractivity contribution in [3.63, 3.8) is 0 Å². The number of benzene rings is 4. The van der Waals surface area contributed by atoms with Crippen LogP contribution in [0.5, 0.6) is 0 Å². The highest BCUT2D eigenvalue weighted by Gasteiger charge is 2.36. The first kappa shape index (κ1) is 26.3. The summed E-state index contributed by atoms with van der Waals surface area (Å²) in [7, 11) is -8.56. The van der Waals surface area contributed by atoms with E-state index in [2.05, 4.69) is 0 Å². The van der Waals surface area contributed by atoms with Gasteiger partial charge in [-0.05, 0) is 73.2 Å². The summed E-state index contributed by atoms with van der Waals surface area (Å²) >= 11 is 0. The molecule has 4 aromatic carbocycles. The van der Waals surface area contributed by atoms with Gasteiger partial charge in [-0.3, -0.25) is 8.37 Å². The van der Waals surface area contributed by atoms with Crippen LogP contribution in [0.25, 0.3) is 0 Å². The molecule has 0 radical (unpaired) electrons. The highest BCUT2D eigenvalue weighted by atomic mass is 32.2. The lowest BCUT2D eigenvalue weighted by atomic mass is 9.93. The fourth-order valence-electron chi connectivity index (χ4n) is 4.39. The summed E-state index contributed by atoms with van der Waals surface area (Å²) in [6.45, 7) is 3.71. The van der Waals surface area contributed by atoms with Crippen LogP contribution >= 0.6 is 0 Å². The molecule has 4 aliphatic carbocycles. The molecule has 0 N–H and O–H groups in total. The summed E-state index contributed by atoms with van der Waals surface area (Å²) in [6, 6.07) is 27.3. The number of hydrogen-bond donors (Lipinski definition) is 0. The van der Waals surface area contributed by atoms with Crippen molar-refractivity contribution in [2.75, 3.05) is 0 Å². The first-order valence-electron chi connectivity index (χ1n) is 12.3. The number of aryl methyl sites for hydroxylation is 4. The Balaban J connectivity index is 1.64. The third-order valence-corrected chi connectivity index (χ3v) is 9.29. The van der Waals surface area contributed by atoms with E-state index in [0.717, 1.165) is 35.1 Å². The molecule has 0 spiro atoms. The van der Waals surface area contributed by atoms with Crippen LogP contribution in [0.2, 0.25) is 0 Å². The van der Waals surface area contributed by atoms with E-state index in [1.165, 1.54) is 24.3 Å². The zero-order valence-electron chi connectivity index (χ0n) is 21.1. The molecule has 2 atom stereocenters. The van der Waals surface area contributed by atoms with E-state index < -0.39 is 32.4 Å². The van der Waals surface area contributed by atoms with E-state index in [1.807, 2.05) is 38.1 Å². The second-order valence-corrected chi connectivity index (χ2v) is 12.7.